The van der Waals surface area contributed by atoms with Crippen molar-refractivity contribution in [3.63, 3.8) is 0 Å². The van der Waals surface area contributed by atoms with Crippen LogP contribution < -0.4 is 0 Å². The molecule has 14 heteroatoms. The smallest absolute Gasteiger partial charge is 0.462 e. The van der Waals surface area contributed by atoms with Crippen LogP contribution in [0.2, 0.25) is 0 Å². The van der Waals surface area contributed by atoms with Crippen LogP contribution in [0.4, 0.5) is 0 Å². The Kier molecular flexibility index (Phi) is 31.5. The number of ether oxygens (including phenoxy) is 2. The molecule has 0 aliphatic heterocycles. The number of hydrogen-bond acceptors (Lipinski definition) is 12. The maximum absolute atomic E-state index is 12.8. The minimum Gasteiger partial charge on any atom is -0.462 e. The fraction of sp³-hybridized carbons (Fsp3) is 0.814. The van der Waals surface area contributed by atoms with E-state index < -0.39 is 75.7 Å². The van der Waals surface area contributed by atoms with Gasteiger partial charge in [0.2, 0.25) is 0 Å². The summed E-state index contributed by atoms with van der Waals surface area (Å²) >= 11 is 0. The molecule has 0 bridgehead atoms. The van der Waals surface area contributed by atoms with E-state index in [2.05, 4.69) is 50.3 Å². The first-order valence-electron chi connectivity index (χ1n) is 21.8. The van der Waals surface area contributed by atoms with E-state index in [-0.39, 0.29) is 12.8 Å². The lowest BCUT2D eigenvalue weighted by atomic mass is 9.85. The van der Waals surface area contributed by atoms with E-state index in [0.717, 1.165) is 96.3 Å². The zero-order chi connectivity index (χ0) is 42.2. The highest BCUT2D eigenvalue weighted by Crippen LogP contribution is 2.47. The van der Waals surface area contributed by atoms with Crippen LogP contribution in [0.25, 0.3) is 0 Å². The van der Waals surface area contributed by atoms with Crippen LogP contribution in [-0.4, -0.2) is 98.3 Å². The number of carbonyl (C=O) groups excluding carboxylic acids is 2. The van der Waals surface area contributed by atoms with Gasteiger partial charge in [-0.1, -0.05) is 127 Å². The number of phosphoric acid groups is 1. The van der Waals surface area contributed by atoms with Gasteiger partial charge in [0, 0.05) is 12.8 Å². The first-order valence-corrected chi connectivity index (χ1v) is 23.3. The third-order valence-corrected chi connectivity index (χ3v) is 10.9. The molecule has 0 saturated heterocycles. The Morgan fingerprint density at radius 2 is 0.965 bits per heavy atom. The molecule has 0 aromatic rings. The van der Waals surface area contributed by atoms with E-state index in [0.29, 0.717) is 12.8 Å². The number of unbranched alkanes of at least 4 members (excludes halogenated alkanes) is 17. The Balaban J connectivity index is 2.49. The molecule has 0 aromatic heterocycles. The predicted octanol–water partition coefficient (Wildman–Crippen LogP) is 7.83. The van der Waals surface area contributed by atoms with Gasteiger partial charge in [0.25, 0.3) is 0 Å². The predicted molar refractivity (Wildman–Crippen MR) is 221 cm³/mol. The second kappa shape index (κ2) is 33.9. The number of carbonyl (C=O) groups is 2. The van der Waals surface area contributed by atoms with E-state index in [1.165, 1.54) is 32.1 Å². The van der Waals surface area contributed by atoms with Crippen LogP contribution in [0.15, 0.2) is 36.5 Å². The molecule has 0 spiro atoms. The fourth-order valence-electron chi connectivity index (χ4n) is 6.36. The number of phosphoric ester groups is 1. The Morgan fingerprint density at radius 1 is 0.544 bits per heavy atom. The molecule has 57 heavy (non-hydrogen) atoms. The molecule has 1 aliphatic rings. The summed E-state index contributed by atoms with van der Waals surface area (Å²) in [5, 5.41) is 50.0. The van der Waals surface area contributed by atoms with Crippen LogP contribution in [0.3, 0.4) is 0 Å². The summed E-state index contributed by atoms with van der Waals surface area (Å²) in [6.45, 7) is 3.20. The highest BCUT2D eigenvalue weighted by molar-refractivity contribution is 7.47. The van der Waals surface area contributed by atoms with Gasteiger partial charge in [0.05, 0.1) is 6.61 Å². The lowest BCUT2D eigenvalue weighted by molar-refractivity contribution is -0.220. The number of aliphatic hydroxyl groups excluding tert-OH is 5. The second-order valence-electron chi connectivity index (χ2n) is 15.2. The van der Waals surface area contributed by atoms with Gasteiger partial charge in [-0.3, -0.25) is 18.6 Å². The summed E-state index contributed by atoms with van der Waals surface area (Å²) in [7, 11) is -5.12. The van der Waals surface area contributed by atoms with Crippen molar-refractivity contribution in [3.05, 3.63) is 36.5 Å². The van der Waals surface area contributed by atoms with Gasteiger partial charge < -0.3 is 39.9 Å². The van der Waals surface area contributed by atoms with Gasteiger partial charge >= 0.3 is 19.8 Å². The molecule has 1 saturated carbocycles. The van der Waals surface area contributed by atoms with Gasteiger partial charge in [-0.05, 0) is 64.2 Å². The molecule has 6 unspecified atom stereocenters. The van der Waals surface area contributed by atoms with E-state index >= 15 is 0 Å². The van der Waals surface area contributed by atoms with E-state index in [1.807, 2.05) is 0 Å². The maximum Gasteiger partial charge on any atom is 0.472 e. The van der Waals surface area contributed by atoms with Crippen LogP contribution in [-0.2, 0) is 32.7 Å². The second-order valence-corrected chi connectivity index (χ2v) is 16.6. The monoisotopic (exact) mass is 833 g/mol. The van der Waals surface area contributed by atoms with Crippen molar-refractivity contribution >= 4 is 19.8 Å². The maximum atomic E-state index is 12.8. The normalized spacial score (nSPS) is 23.0. The van der Waals surface area contributed by atoms with E-state index in [1.54, 1.807) is 0 Å². The van der Waals surface area contributed by atoms with Crippen molar-refractivity contribution in [2.45, 2.75) is 211 Å². The van der Waals surface area contributed by atoms with Crippen molar-refractivity contribution in [2.24, 2.45) is 0 Å². The summed E-state index contributed by atoms with van der Waals surface area (Å²) in [6.07, 6.45) is 23.5. The molecule has 0 aromatic carbocycles. The summed E-state index contributed by atoms with van der Waals surface area (Å²) in [5.74, 6) is -1.12. The number of allylic oxidation sites excluding steroid dienone is 6. The molecule has 1 fully saturated rings. The first-order chi connectivity index (χ1) is 27.4. The number of hydrogen-bond donors (Lipinski definition) is 6. The van der Waals surface area contributed by atoms with Gasteiger partial charge in [-0.2, -0.15) is 0 Å². The largest absolute Gasteiger partial charge is 0.472 e. The summed E-state index contributed by atoms with van der Waals surface area (Å²) in [6, 6.07) is 0. The molecule has 6 N–H and O–H groups in total. The lowest BCUT2D eigenvalue weighted by Crippen LogP contribution is -2.64. The van der Waals surface area contributed by atoms with Gasteiger partial charge in [0.1, 0.15) is 43.2 Å². The molecule has 0 heterocycles. The summed E-state index contributed by atoms with van der Waals surface area (Å²) in [5.41, 5.74) is 0. The standard InChI is InChI=1S/C43H77O13P/c1-3-5-7-9-11-13-15-16-17-18-19-20-22-24-26-28-30-32-37(45)55-35(33-53-36(44)31-29-27-25-23-21-14-12-10-8-6-4-2)34-54-57(51,52)56-43-41(49)39(47)38(46)40(48)42(43)50/h10-13,16-17,35,38-43,46-50H,3-9,14-15,18-34H2,1-2H3,(H,51,52)/b12-10-,13-11-,17-16-. The van der Waals surface area contributed by atoms with E-state index in [4.69, 9.17) is 18.5 Å². The molecule has 13 nitrogen and oxygen atoms in total. The van der Waals surface area contributed by atoms with Crippen LogP contribution in [0, 0.1) is 0 Å². The van der Waals surface area contributed by atoms with Crippen molar-refractivity contribution in [1.29, 1.82) is 0 Å². The first kappa shape index (κ1) is 53.1. The fourth-order valence-corrected chi connectivity index (χ4v) is 7.33. The lowest BCUT2D eigenvalue weighted by Gasteiger charge is -2.41. The molecular weight excluding hydrogens is 755 g/mol. The molecule has 0 radical (unpaired) electrons. The SMILES string of the molecule is CCCC/C=C\CCCCCCCC(=O)OCC(COP(=O)(O)OC1C(O)C(O)C(O)C(O)C1O)OC(=O)CCCCCCCCC/C=C\C/C=C\CCCCC. The third kappa shape index (κ3) is 26.7. The Morgan fingerprint density at radius 3 is 1.49 bits per heavy atom. The van der Waals surface area contributed by atoms with Crippen molar-refractivity contribution in [2.75, 3.05) is 13.2 Å². The van der Waals surface area contributed by atoms with E-state index in [9.17, 15) is 44.6 Å². The molecule has 1 aliphatic carbocycles. The van der Waals surface area contributed by atoms with Gasteiger partial charge in [-0.15, -0.1) is 0 Å². The van der Waals surface area contributed by atoms with Crippen molar-refractivity contribution in [3.8, 4) is 0 Å². The Bertz CT molecular complexity index is 1150. The third-order valence-electron chi connectivity index (χ3n) is 9.95. The average Bonchev–Trinajstić information content (AvgIpc) is 3.19. The number of rotatable bonds is 35. The van der Waals surface area contributed by atoms with Crippen LogP contribution >= 0.6 is 7.82 Å². The number of esters is 2. The zero-order valence-electron chi connectivity index (χ0n) is 34.9. The summed E-state index contributed by atoms with van der Waals surface area (Å²) < 4.78 is 33.4. The Labute approximate surface area is 342 Å². The quantitative estimate of drug-likeness (QED) is 0.0156. The zero-order valence-corrected chi connectivity index (χ0v) is 35.8. The number of aliphatic hydroxyl groups is 5. The molecule has 0 amide bonds. The van der Waals surface area contributed by atoms with Crippen molar-refractivity contribution < 1.29 is 63.1 Å². The summed E-state index contributed by atoms with van der Waals surface area (Å²) in [4.78, 5) is 35.6. The van der Waals surface area contributed by atoms with Crippen molar-refractivity contribution in [1.82, 2.24) is 0 Å². The van der Waals surface area contributed by atoms with Gasteiger partial charge in [0.15, 0.2) is 6.10 Å². The average molecular weight is 833 g/mol. The molecule has 1 rings (SSSR count). The van der Waals surface area contributed by atoms with Crippen LogP contribution in [0.5, 0.6) is 0 Å². The molecule has 332 valence electrons. The van der Waals surface area contributed by atoms with Crippen LogP contribution in [0.1, 0.15) is 168 Å². The minimum atomic E-state index is -5.12. The Hall–Kier alpha value is -1.93. The molecular formula is C43H77O13P. The molecule has 6 atom stereocenters. The highest BCUT2D eigenvalue weighted by atomic mass is 31.2. The topological polar surface area (TPSA) is 210 Å². The minimum absolute atomic E-state index is 0.0860. The highest BCUT2D eigenvalue weighted by Gasteiger charge is 2.51. The van der Waals surface area contributed by atoms with Gasteiger partial charge in [-0.25, -0.2) is 4.57 Å².